The molecule has 0 aliphatic carbocycles. The van der Waals surface area contributed by atoms with Crippen LogP contribution in [0.2, 0.25) is 0 Å². The smallest absolute Gasteiger partial charge is 0.265 e. The Hall–Kier alpha value is -1.46. The molecule has 2 aromatic rings. The summed E-state index contributed by atoms with van der Waals surface area (Å²) in [5, 5.41) is 0. The van der Waals surface area contributed by atoms with E-state index in [9.17, 15) is 4.79 Å². The number of rotatable bonds is 3. The van der Waals surface area contributed by atoms with E-state index in [1.807, 2.05) is 42.8 Å². The summed E-state index contributed by atoms with van der Waals surface area (Å²) in [6.45, 7) is 2.01. The SMILES string of the molecule is CCCC(N)C(=O)N=c1sc2ccccc2n1C. The van der Waals surface area contributed by atoms with E-state index in [4.69, 9.17) is 5.73 Å². The molecule has 0 saturated carbocycles. The van der Waals surface area contributed by atoms with Gasteiger partial charge in [-0.3, -0.25) is 4.79 Å². The maximum absolute atomic E-state index is 11.8. The molecule has 0 radical (unpaired) electrons. The summed E-state index contributed by atoms with van der Waals surface area (Å²) in [6, 6.07) is 7.51. The van der Waals surface area contributed by atoms with Crippen molar-refractivity contribution in [2.75, 3.05) is 0 Å². The molecule has 1 atom stereocenters. The van der Waals surface area contributed by atoms with Crippen LogP contribution in [0.25, 0.3) is 10.2 Å². The fraction of sp³-hybridized carbons (Fsp3) is 0.385. The first-order valence-electron chi connectivity index (χ1n) is 6.02. The van der Waals surface area contributed by atoms with Gasteiger partial charge >= 0.3 is 0 Å². The molecule has 5 heteroatoms. The fourth-order valence-electron chi connectivity index (χ4n) is 1.80. The molecule has 0 fully saturated rings. The number of benzene rings is 1. The van der Waals surface area contributed by atoms with E-state index in [0.717, 1.165) is 16.6 Å². The molecule has 96 valence electrons. The van der Waals surface area contributed by atoms with Gasteiger partial charge in [-0.25, -0.2) is 0 Å². The van der Waals surface area contributed by atoms with Crippen LogP contribution in [-0.2, 0) is 11.8 Å². The third kappa shape index (κ3) is 2.52. The number of carbonyl (C=O) groups is 1. The number of aromatic nitrogens is 1. The monoisotopic (exact) mass is 263 g/mol. The zero-order valence-electron chi connectivity index (χ0n) is 10.6. The molecular weight excluding hydrogens is 246 g/mol. The van der Waals surface area contributed by atoms with Crippen LogP contribution in [0.4, 0.5) is 0 Å². The molecule has 1 aromatic carbocycles. The van der Waals surface area contributed by atoms with Gasteiger partial charge in [-0.2, -0.15) is 4.99 Å². The second-order valence-electron chi connectivity index (χ2n) is 4.26. The molecule has 0 aliphatic heterocycles. The summed E-state index contributed by atoms with van der Waals surface area (Å²) in [4.78, 5) is 16.7. The Morgan fingerprint density at radius 1 is 1.50 bits per heavy atom. The molecule has 1 aromatic heterocycles. The predicted octanol–water partition coefficient (Wildman–Crippen LogP) is 1.79. The van der Waals surface area contributed by atoms with Crippen molar-refractivity contribution in [3.05, 3.63) is 29.1 Å². The third-order valence-corrected chi connectivity index (χ3v) is 3.95. The average molecular weight is 263 g/mol. The molecule has 1 heterocycles. The Morgan fingerprint density at radius 2 is 2.22 bits per heavy atom. The summed E-state index contributed by atoms with van der Waals surface area (Å²) in [5.74, 6) is -0.237. The Bertz CT molecular complexity index is 626. The molecular formula is C13H17N3OS. The van der Waals surface area contributed by atoms with Crippen LogP contribution in [0.3, 0.4) is 0 Å². The number of hydrogen-bond donors (Lipinski definition) is 1. The van der Waals surface area contributed by atoms with E-state index in [2.05, 4.69) is 4.99 Å². The average Bonchev–Trinajstić information content (AvgIpc) is 2.67. The number of hydrogen-bond acceptors (Lipinski definition) is 3. The lowest BCUT2D eigenvalue weighted by molar-refractivity contribution is -0.119. The van der Waals surface area contributed by atoms with Crippen molar-refractivity contribution in [2.24, 2.45) is 17.8 Å². The van der Waals surface area contributed by atoms with Gasteiger partial charge in [0.1, 0.15) is 0 Å². The third-order valence-electron chi connectivity index (χ3n) is 2.84. The summed E-state index contributed by atoms with van der Waals surface area (Å²) in [7, 11) is 1.91. The second-order valence-corrected chi connectivity index (χ2v) is 5.27. The fourth-order valence-corrected chi connectivity index (χ4v) is 2.82. The molecule has 0 spiro atoms. The van der Waals surface area contributed by atoms with Gasteiger partial charge in [0.2, 0.25) is 0 Å². The van der Waals surface area contributed by atoms with Crippen LogP contribution in [0, 0.1) is 0 Å². The highest BCUT2D eigenvalue weighted by atomic mass is 32.1. The van der Waals surface area contributed by atoms with E-state index >= 15 is 0 Å². The van der Waals surface area contributed by atoms with E-state index in [-0.39, 0.29) is 5.91 Å². The summed E-state index contributed by atoms with van der Waals surface area (Å²) >= 11 is 1.51. The summed E-state index contributed by atoms with van der Waals surface area (Å²) < 4.78 is 3.05. The Labute approximate surface area is 110 Å². The standard InChI is InChI=1S/C13H17N3OS/c1-3-6-9(14)12(17)15-13-16(2)10-7-4-5-8-11(10)18-13/h4-5,7-9H,3,6,14H2,1-2H3. The predicted molar refractivity (Wildman–Crippen MR) is 74.2 cm³/mol. The number of nitrogens with zero attached hydrogens (tertiary/aromatic N) is 2. The van der Waals surface area contributed by atoms with Crippen LogP contribution in [0.5, 0.6) is 0 Å². The van der Waals surface area contributed by atoms with E-state index in [1.54, 1.807) is 0 Å². The van der Waals surface area contributed by atoms with Crippen LogP contribution in [0.15, 0.2) is 29.3 Å². The van der Waals surface area contributed by atoms with Crippen molar-refractivity contribution in [3.8, 4) is 0 Å². The molecule has 0 bridgehead atoms. The largest absolute Gasteiger partial charge is 0.320 e. The minimum Gasteiger partial charge on any atom is -0.320 e. The minimum absolute atomic E-state index is 0.237. The lowest BCUT2D eigenvalue weighted by atomic mass is 10.2. The van der Waals surface area contributed by atoms with Crippen LogP contribution >= 0.6 is 11.3 Å². The number of amides is 1. The van der Waals surface area contributed by atoms with Crippen molar-refractivity contribution in [3.63, 3.8) is 0 Å². The Morgan fingerprint density at radius 3 is 2.89 bits per heavy atom. The van der Waals surface area contributed by atoms with Crippen molar-refractivity contribution in [1.29, 1.82) is 0 Å². The van der Waals surface area contributed by atoms with Crippen molar-refractivity contribution >= 4 is 27.5 Å². The number of thiazole rings is 1. The van der Waals surface area contributed by atoms with Gasteiger partial charge in [-0.1, -0.05) is 36.8 Å². The maximum atomic E-state index is 11.8. The second kappa shape index (κ2) is 5.46. The Balaban J connectivity index is 2.42. The first-order chi connectivity index (χ1) is 8.63. The van der Waals surface area contributed by atoms with Crippen LogP contribution in [0.1, 0.15) is 19.8 Å². The van der Waals surface area contributed by atoms with E-state index in [1.165, 1.54) is 11.3 Å². The molecule has 1 amide bonds. The van der Waals surface area contributed by atoms with Gasteiger partial charge in [0.15, 0.2) is 4.80 Å². The number of para-hydroxylation sites is 1. The zero-order chi connectivity index (χ0) is 13.1. The van der Waals surface area contributed by atoms with Gasteiger partial charge in [0.05, 0.1) is 16.3 Å². The van der Waals surface area contributed by atoms with Gasteiger partial charge in [0.25, 0.3) is 5.91 Å². The van der Waals surface area contributed by atoms with Gasteiger partial charge in [0, 0.05) is 7.05 Å². The van der Waals surface area contributed by atoms with Gasteiger partial charge in [-0.15, -0.1) is 0 Å². The molecule has 2 rings (SSSR count). The minimum atomic E-state index is -0.486. The quantitative estimate of drug-likeness (QED) is 0.917. The lowest BCUT2D eigenvalue weighted by Gasteiger charge is -2.03. The number of aryl methyl sites for hydroxylation is 1. The van der Waals surface area contributed by atoms with Crippen molar-refractivity contribution in [1.82, 2.24) is 4.57 Å². The lowest BCUT2D eigenvalue weighted by Crippen LogP contribution is -2.30. The topological polar surface area (TPSA) is 60.4 Å². The molecule has 4 nitrogen and oxygen atoms in total. The van der Waals surface area contributed by atoms with Crippen LogP contribution < -0.4 is 10.5 Å². The molecule has 0 saturated heterocycles. The molecule has 2 N–H and O–H groups in total. The first-order valence-corrected chi connectivity index (χ1v) is 6.84. The first kappa shape index (κ1) is 13.0. The highest BCUT2D eigenvalue weighted by Crippen LogP contribution is 2.15. The number of fused-ring (bicyclic) bond motifs is 1. The van der Waals surface area contributed by atoms with Gasteiger partial charge < -0.3 is 10.3 Å². The molecule has 1 unspecified atom stereocenters. The highest BCUT2D eigenvalue weighted by Gasteiger charge is 2.11. The van der Waals surface area contributed by atoms with E-state index < -0.39 is 6.04 Å². The molecule has 18 heavy (non-hydrogen) atoms. The van der Waals surface area contributed by atoms with Crippen molar-refractivity contribution < 1.29 is 4.79 Å². The highest BCUT2D eigenvalue weighted by molar-refractivity contribution is 7.16. The van der Waals surface area contributed by atoms with E-state index in [0.29, 0.717) is 11.2 Å². The number of carbonyl (C=O) groups excluding carboxylic acids is 1. The summed E-state index contributed by atoms with van der Waals surface area (Å²) in [6.07, 6.45) is 1.57. The Kier molecular flexibility index (Phi) is 3.93. The molecule has 0 aliphatic rings. The van der Waals surface area contributed by atoms with Crippen LogP contribution in [-0.4, -0.2) is 16.5 Å². The maximum Gasteiger partial charge on any atom is 0.265 e. The van der Waals surface area contributed by atoms with Gasteiger partial charge in [-0.05, 0) is 18.6 Å². The van der Waals surface area contributed by atoms with Crippen molar-refractivity contribution in [2.45, 2.75) is 25.8 Å². The summed E-state index contributed by atoms with van der Waals surface area (Å²) in [5.41, 5.74) is 6.85. The zero-order valence-corrected chi connectivity index (χ0v) is 11.4. The number of nitrogens with two attached hydrogens (primary N) is 1. The normalized spacial score (nSPS) is 14.1.